The maximum atomic E-state index is 5.42. The summed E-state index contributed by atoms with van der Waals surface area (Å²) in [5.74, 6) is 1.62. The molecule has 2 rings (SSSR count). The van der Waals surface area contributed by atoms with Crippen LogP contribution in [0.4, 0.5) is 5.69 Å². The Labute approximate surface area is 134 Å². The maximum Gasteiger partial charge on any atom is 0.142 e. The van der Waals surface area contributed by atoms with Gasteiger partial charge in [-0.25, -0.2) is 0 Å². The van der Waals surface area contributed by atoms with Gasteiger partial charge < -0.3 is 14.8 Å². The molecule has 2 aromatic carbocycles. The molecule has 3 nitrogen and oxygen atoms in total. The van der Waals surface area contributed by atoms with Crippen molar-refractivity contribution >= 4 is 21.6 Å². The first kappa shape index (κ1) is 15.7. The van der Waals surface area contributed by atoms with E-state index in [1.165, 1.54) is 5.56 Å². The lowest BCUT2D eigenvalue weighted by molar-refractivity contribution is 0.404. The normalized spacial score (nSPS) is 11.8. The van der Waals surface area contributed by atoms with E-state index in [9.17, 15) is 0 Å². The number of hydrogen-bond acceptors (Lipinski definition) is 3. The van der Waals surface area contributed by atoms with Gasteiger partial charge >= 0.3 is 0 Å². The lowest BCUT2D eigenvalue weighted by atomic mass is 10.0. The molecular weight excluding hydrogens is 330 g/mol. The van der Waals surface area contributed by atoms with Gasteiger partial charge in [-0.1, -0.05) is 35.0 Å². The van der Waals surface area contributed by atoms with Crippen molar-refractivity contribution in [2.45, 2.75) is 19.4 Å². The molecule has 0 spiro atoms. The Morgan fingerprint density at radius 3 is 2.52 bits per heavy atom. The molecule has 1 unspecified atom stereocenters. The summed E-state index contributed by atoms with van der Waals surface area (Å²) in [4.78, 5) is 0. The van der Waals surface area contributed by atoms with Crippen molar-refractivity contribution in [3.8, 4) is 11.5 Å². The second-order valence-electron chi connectivity index (χ2n) is 4.73. The number of anilines is 1. The van der Waals surface area contributed by atoms with E-state index in [0.29, 0.717) is 0 Å². The van der Waals surface area contributed by atoms with Crippen LogP contribution in [0.25, 0.3) is 0 Å². The average molecular weight is 350 g/mol. The molecule has 0 heterocycles. The largest absolute Gasteiger partial charge is 0.497 e. The van der Waals surface area contributed by atoms with Crippen molar-refractivity contribution in [2.24, 2.45) is 0 Å². The molecule has 4 heteroatoms. The van der Waals surface area contributed by atoms with E-state index < -0.39 is 0 Å². The number of methoxy groups -OCH3 is 2. The van der Waals surface area contributed by atoms with E-state index in [1.807, 2.05) is 30.3 Å². The summed E-state index contributed by atoms with van der Waals surface area (Å²) in [5.41, 5.74) is 2.17. The van der Waals surface area contributed by atoms with Gasteiger partial charge in [0.25, 0.3) is 0 Å². The maximum absolute atomic E-state index is 5.42. The van der Waals surface area contributed by atoms with Gasteiger partial charge in [0.1, 0.15) is 11.5 Å². The zero-order valence-corrected chi connectivity index (χ0v) is 14.1. The molecule has 2 aromatic rings. The number of benzene rings is 2. The molecule has 21 heavy (non-hydrogen) atoms. The van der Waals surface area contributed by atoms with Gasteiger partial charge in [-0.3, -0.25) is 0 Å². The molecule has 0 radical (unpaired) electrons. The standard InChI is InChI=1S/C17H20BrNO2/c1-4-15(12-6-5-7-13(18)10-12)19-16-11-14(20-2)8-9-17(16)21-3/h5-11,15,19H,4H2,1-3H3. The number of halogens is 1. The minimum absolute atomic E-state index is 0.212. The van der Waals surface area contributed by atoms with Gasteiger partial charge in [0.15, 0.2) is 0 Å². The Morgan fingerprint density at radius 1 is 1.10 bits per heavy atom. The summed E-state index contributed by atoms with van der Waals surface area (Å²) >= 11 is 3.52. The second kappa shape index (κ2) is 7.36. The highest BCUT2D eigenvalue weighted by Crippen LogP contribution is 2.33. The van der Waals surface area contributed by atoms with Crippen molar-refractivity contribution in [1.82, 2.24) is 0 Å². The molecule has 1 N–H and O–H groups in total. The average Bonchev–Trinajstić information content (AvgIpc) is 2.52. The third kappa shape index (κ3) is 3.91. The van der Waals surface area contributed by atoms with Crippen LogP contribution >= 0.6 is 15.9 Å². The summed E-state index contributed by atoms with van der Waals surface area (Å²) < 4.78 is 11.8. The lowest BCUT2D eigenvalue weighted by Gasteiger charge is -2.21. The summed E-state index contributed by atoms with van der Waals surface area (Å²) in [5, 5.41) is 3.54. The lowest BCUT2D eigenvalue weighted by Crippen LogP contribution is -2.10. The molecule has 0 saturated carbocycles. The minimum Gasteiger partial charge on any atom is -0.497 e. The van der Waals surface area contributed by atoms with Crippen LogP contribution in [-0.2, 0) is 0 Å². The molecule has 0 amide bonds. The zero-order chi connectivity index (χ0) is 15.2. The van der Waals surface area contributed by atoms with Crippen LogP contribution < -0.4 is 14.8 Å². The zero-order valence-electron chi connectivity index (χ0n) is 12.5. The Bertz CT molecular complexity index is 601. The fourth-order valence-electron chi connectivity index (χ4n) is 2.26. The molecule has 0 aliphatic rings. The molecule has 0 fully saturated rings. The topological polar surface area (TPSA) is 30.5 Å². The van der Waals surface area contributed by atoms with Gasteiger partial charge in [-0.15, -0.1) is 0 Å². The van der Waals surface area contributed by atoms with Crippen LogP contribution in [0, 0.1) is 0 Å². The molecule has 0 aliphatic heterocycles. The van der Waals surface area contributed by atoms with Gasteiger partial charge in [-0.2, -0.15) is 0 Å². The SMILES string of the molecule is CCC(Nc1cc(OC)ccc1OC)c1cccc(Br)c1. The van der Waals surface area contributed by atoms with E-state index in [2.05, 4.69) is 40.3 Å². The van der Waals surface area contributed by atoms with E-state index in [-0.39, 0.29) is 6.04 Å². The Hall–Kier alpha value is -1.68. The third-order valence-corrected chi connectivity index (χ3v) is 3.89. The van der Waals surface area contributed by atoms with Crippen molar-refractivity contribution in [3.05, 3.63) is 52.5 Å². The Kier molecular flexibility index (Phi) is 5.51. The number of ether oxygens (including phenoxy) is 2. The highest BCUT2D eigenvalue weighted by molar-refractivity contribution is 9.10. The molecule has 0 saturated heterocycles. The summed E-state index contributed by atoms with van der Waals surface area (Å²) in [6, 6.07) is 14.3. The fourth-order valence-corrected chi connectivity index (χ4v) is 2.68. The molecule has 112 valence electrons. The van der Waals surface area contributed by atoms with E-state index in [0.717, 1.165) is 28.1 Å². The van der Waals surface area contributed by atoms with Crippen molar-refractivity contribution < 1.29 is 9.47 Å². The molecule has 0 bridgehead atoms. The highest BCUT2D eigenvalue weighted by atomic mass is 79.9. The van der Waals surface area contributed by atoms with Crippen LogP contribution in [0.2, 0.25) is 0 Å². The predicted molar refractivity (Wildman–Crippen MR) is 90.3 cm³/mol. The van der Waals surface area contributed by atoms with Gasteiger partial charge in [0.05, 0.1) is 25.9 Å². The first-order chi connectivity index (χ1) is 10.2. The van der Waals surface area contributed by atoms with Crippen LogP contribution in [0.3, 0.4) is 0 Å². The van der Waals surface area contributed by atoms with Crippen molar-refractivity contribution in [1.29, 1.82) is 0 Å². The highest BCUT2D eigenvalue weighted by Gasteiger charge is 2.13. The molecule has 0 aliphatic carbocycles. The fraction of sp³-hybridized carbons (Fsp3) is 0.294. The monoisotopic (exact) mass is 349 g/mol. The van der Waals surface area contributed by atoms with Crippen LogP contribution in [0.1, 0.15) is 24.9 Å². The summed E-state index contributed by atoms with van der Waals surface area (Å²) in [7, 11) is 3.34. The summed E-state index contributed by atoms with van der Waals surface area (Å²) in [6.07, 6.45) is 0.969. The quantitative estimate of drug-likeness (QED) is 0.793. The van der Waals surface area contributed by atoms with Crippen molar-refractivity contribution in [3.63, 3.8) is 0 Å². The third-order valence-electron chi connectivity index (χ3n) is 3.40. The van der Waals surface area contributed by atoms with Gasteiger partial charge in [-0.05, 0) is 36.2 Å². The van der Waals surface area contributed by atoms with Crippen molar-refractivity contribution in [2.75, 3.05) is 19.5 Å². The first-order valence-corrected chi connectivity index (χ1v) is 7.71. The van der Waals surface area contributed by atoms with Gasteiger partial charge in [0.2, 0.25) is 0 Å². The number of hydrogen-bond donors (Lipinski definition) is 1. The molecular formula is C17H20BrNO2. The Balaban J connectivity index is 2.29. The smallest absolute Gasteiger partial charge is 0.142 e. The van der Waals surface area contributed by atoms with E-state index >= 15 is 0 Å². The van der Waals surface area contributed by atoms with Gasteiger partial charge in [0, 0.05) is 10.5 Å². The second-order valence-corrected chi connectivity index (χ2v) is 5.64. The Morgan fingerprint density at radius 2 is 1.90 bits per heavy atom. The minimum atomic E-state index is 0.212. The first-order valence-electron chi connectivity index (χ1n) is 6.92. The van der Waals surface area contributed by atoms with E-state index in [1.54, 1.807) is 14.2 Å². The molecule has 1 atom stereocenters. The predicted octanol–water partition coefficient (Wildman–Crippen LogP) is 5.03. The van der Waals surface area contributed by atoms with Crippen LogP contribution in [-0.4, -0.2) is 14.2 Å². The van der Waals surface area contributed by atoms with Crippen LogP contribution in [0.15, 0.2) is 46.9 Å². The number of nitrogens with one attached hydrogen (secondary N) is 1. The molecule has 0 aromatic heterocycles. The summed E-state index contributed by atoms with van der Waals surface area (Å²) in [6.45, 7) is 2.16. The van der Waals surface area contributed by atoms with E-state index in [4.69, 9.17) is 9.47 Å². The number of rotatable bonds is 6. The van der Waals surface area contributed by atoms with Crippen LogP contribution in [0.5, 0.6) is 11.5 Å².